The molecule has 2 fully saturated rings. The van der Waals surface area contributed by atoms with Gasteiger partial charge in [-0.15, -0.1) is 0 Å². The molecule has 1 aromatic rings. The number of hydrogen-bond donors (Lipinski definition) is 0. The fraction of sp³-hybridized carbons (Fsp3) is 0.538. The molecule has 15 heavy (non-hydrogen) atoms. The van der Waals surface area contributed by atoms with Crippen LogP contribution in [0, 0.1) is 5.82 Å². The highest BCUT2D eigenvalue weighted by Gasteiger charge is 2.27. The molecule has 2 heteroatoms. The van der Waals surface area contributed by atoms with E-state index in [0.29, 0.717) is 5.92 Å². The topological polar surface area (TPSA) is 3.24 Å². The first-order valence-electron chi connectivity index (χ1n) is 5.89. The summed E-state index contributed by atoms with van der Waals surface area (Å²) in [5, 5.41) is 0. The monoisotopic (exact) mass is 205 g/mol. The van der Waals surface area contributed by atoms with Gasteiger partial charge in [0, 0.05) is 18.8 Å². The maximum atomic E-state index is 13.5. The zero-order valence-corrected chi connectivity index (χ0v) is 8.88. The van der Waals surface area contributed by atoms with E-state index in [1.54, 1.807) is 6.07 Å². The molecular weight excluding hydrogens is 189 g/mol. The Bertz CT molecular complexity index is 365. The molecule has 0 unspecified atom stereocenters. The SMILES string of the molecule is Fc1ccc(N2CCCC2)cc1C1CC1. The van der Waals surface area contributed by atoms with Gasteiger partial charge in [-0.2, -0.15) is 0 Å². The summed E-state index contributed by atoms with van der Waals surface area (Å²) in [6, 6.07) is 5.63. The average molecular weight is 205 g/mol. The number of halogens is 1. The Hall–Kier alpha value is -1.05. The molecule has 0 spiro atoms. The largest absolute Gasteiger partial charge is 0.372 e. The summed E-state index contributed by atoms with van der Waals surface area (Å²) in [5.74, 6) is 0.494. The van der Waals surface area contributed by atoms with Crippen LogP contribution >= 0.6 is 0 Å². The van der Waals surface area contributed by atoms with Crippen LogP contribution < -0.4 is 4.90 Å². The second kappa shape index (κ2) is 3.51. The average Bonchev–Trinajstić information content (AvgIpc) is 2.94. The van der Waals surface area contributed by atoms with Crippen molar-refractivity contribution in [3.8, 4) is 0 Å². The van der Waals surface area contributed by atoms with E-state index < -0.39 is 0 Å². The lowest BCUT2D eigenvalue weighted by molar-refractivity contribution is 0.610. The van der Waals surface area contributed by atoms with Crippen LogP contribution in [0.2, 0.25) is 0 Å². The first-order chi connectivity index (χ1) is 7.34. The molecule has 2 aliphatic rings. The summed E-state index contributed by atoms with van der Waals surface area (Å²) < 4.78 is 13.5. The van der Waals surface area contributed by atoms with Gasteiger partial charge >= 0.3 is 0 Å². The molecule has 1 aliphatic heterocycles. The molecule has 1 heterocycles. The number of anilines is 1. The fourth-order valence-corrected chi connectivity index (χ4v) is 2.41. The van der Waals surface area contributed by atoms with Crippen molar-refractivity contribution in [3.63, 3.8) is 0 Å². The lowest BCUT2D eigenvalue weighted by Crippen LogP contribution is -2.17. The van der Waals surface area contributed by atoms with E-state index in [9.17, 15) is 4.39 Å². The molecule has 1 saturated carbocycles. The summed E-state index contributed by atoms with van der Waals surface area (Å²) in [6.07, 6.45) is 4.88. The molecule has 0 bridgehead atoms. The van der Waals surface area contributed by atoms with Gasteiger partial charge in [-0.1, -0.05) is 0 Å². The van der Waals surface area contributed by atoms with E-state index in [0.717, 1.165) is 18.7 Å². The highest BCUT2D eigenvalue weighted by atomic mass is 19.1. The molecule has 0 N–H and O–H groups in total. The molecule has 80 valence electrons. The van der Waals surface area contributed by atoms with Crippen LogP contribution in [0.3, 0.4) is 0 Å². The van der Waals surface area contributed by atoms with Crippen molar-refractivity contribution in [3.05, 3.63) is 29.6 Å². The third kappa shape index (κ3) is 1.73. The second-order valence-electron chi connectivity index (χ2n) is 4.67. The third-order valence-electron chi connectivity index (χ3n) is 3.47. The van der Waals surface area contributed by atoms with E-state index in [1.807, 2.05) is 6.07 Å². The quantitative estimate of drug-likeness (QED) is 0.716. The van der Waals surface area contributed by atoms with Gasteiger partial charge in [0.25, 0.3) is 0 Å². The van der Waals surface area contributed by atoms with Crippen LogP contribution in [0.1, 0.15) is 37.2 Å². The highest BCUT2D eigenvalue weighted by Crippen LogP contribution is 2.42. The van der Waals surface area contributed by atoms with Gasteiger partial charge in [0.1, 0.15) is 5.82 Å². The molecule has 1 aromatic carbocycles. The van der Waals surface area contributed by atoms with Crippen molar-refractivity contribution >= 4 is 5.69 Å². The van der Waals surface area contributed by atoms with Crippen LogP contribution in [0.25, 0.3) is 0 Å². The van der Waals surface area contributed by atoms with Gasteiger partial charge in [-0.3, -0.25) is 0 Å². The van der Waals surface area contributed by atoms with E-state index in [1.165, 1.54) is 31.4 Å². The predicted molar refractivity (Wildman–Crippen MR) is 59.8 cm³/mol. The van der Waals surface area contributed by atoms with Crippen LogP contribution in [-0.2, 0) is 0 Å². The normalized spacial score (nSPS) is 21.0. The van der Waals surface area contributed by atoms with Gasteiger partial charge in [0.15, 0.2) is 0 Å². The Morgan fingerprint density at radius 2 is 1.87 bits per heavy atom. The lowest BCUT2D eigenvalue weighted by Gasteiger charge is -2.18. The Morgan fingerprint density at radius 3 is 2.53 bits per heavy atom. The summed E-state index contributed by atoms with van der Waals surface area (Å²) in [5.41, 5.74) is 2.16. The maximum absolute atomic E-state index is 13.5. The molecule has 0 amide bonds. The highest BCUT2D eigenvalue weighted by molar-refractivity contribution is 5.51. The van der Waals surface area contributed by atoms with Gasteiger partial charge < -0.3 is 4.90 Å². The summed E-state index contributed by atoms with van der Waals surface area (Å²) in [4.78, 5) is 2.37. The number of nitrogens with zero attached hydrogens (tertiary/aromatic N) is 1. The van der Waals surface area contributed by atoms with E-state index >= 15 is 0 Å². The molecule has 0 radical (unpaired) electrons. The Labute approximate surface area is 89.9 Å². The van der Waals surface area contributed by atoms with Crippen molar-refractivity contribution < 1.29 is 4.39 Å². The van der Waals surface area contributed by atoms with E-state index in [4.69, 9.17) is 0 Å². The van der Waals surface area contributed by atoms with Crippen molar-refractivity contribution in [2.75, 3.05) is 18.0 Å². The van der Waals surface area contributed by atoms with Gasteiger partial charge in [-0.05, 0) is 55.4 Å². The first-order valence-corrected chi connectivity index (χ1v) is 5.89. The Balaban J connectivity index is 1.91. The van der Waals surface area contributed by atoms with Crippen LogP contribution in [-0.4, -0.2) is 13.1 Å². The van der Waals surface area contributed by atoms with Crippen LogP contribution in [0.15, 0.2) is 18.2 Å². The zero-order chi connectivity index (χ0) is 10.3. The van der Waals surface area contributed by atoms with Gasteiger partial charge in [0.05, 0.1) is 0 Å². The van der Waals surface area contributed by atoms with Crippen LogP contribution in [0.4, 0.5) is 10.1 Å². The molecule has 1 saturated heterocycles. The van der Waals surface area contributed by atoms with Crippen molar-refractivity contribution in [1.29, 1.82) is 0 Å². The van der Waals surface area contributed by atoms with Crippen LogP contribution in [0.5, 0.6) is 0 Å². The number of rotatable bonds is 2. The van der Waals surface area contributed by atoms with Crippen molar-refractivity contribution in [2.45, 2.75) is 31.6 Å². The summed E-state index contributed by atoms with van der Waals surface area (Å²) >= 11 is 0. The predicted octanol–water partition coefficient (Wildman–Crippen LogP) is 3.30. The maximum Gasteiger partial charge on any atom is 0.126 e. The fourth-order valence-electron chi connectivity index (χ4n) is 2.41. The standard InChI is InChI=1S/C13H16FN/c14-13-6-5-11(15-7-1-2-8-15)9-12(13)10-3-4-10/h5-6,9-10H,1-4,7-8H2. The third-order valence-corrected chi connectivity index (χ3v) is 3.47. The molecule has 0 atom stereocenters. The van der Waals surface area contributed by atoms with E-state index in [2.05, 4.69) is 11.0 Å². The summed E-state index contributed by atoms with van der Waals surface area (Å²) in [6.45, 7) is 2.27. The minimum absolute atomic E-state index is 0.0135. The molecule has 1 nitrogen and oxygen atoms in total. The van der Waals surface area contributed by atoms with Gasteiger partial charge in [-0.25, -0.2) is 4.39 Å². The molecule has 0 aromatic heterocycles. The minimum Gasteiger partial charge on any atom is -0.372 e. The molecule has 1 aliphatic carbocycles. The van der Waals surface area contributed by atoms with Gasteiger partial charge in [0.2, 0.25) is 0 Å². The van der Waals surface area contributed by atoms with E-state index in [-0.39, 0.29) is 5.82 Å². The van der Waals surface area contributed by atoms with Crippen molar-refractivity contribution in [1.82, 2.24) is 0 Å². The minimum atomic E-state index is -0.0135. The number of hydrogen-bond acceptors (Lipinski definition) is 1. The second-order valence-corrected chi connectivity index (χ2v) is 4.67. The molecule has 3 rings (SSSR count). The number of benzene rings is 1. The Kier molecular flexibility index (Phi) is 2.15. The lowest BCUT2D eigenvalue weighted by atomic mass is 10.1. The summed E-state index contributed by atoms with van der Waals surface area (Å²) in [7, 11) is 0. The first kappa shape index (κ1) is 9.20. The zero-order valence-electron chi connectivity index (χ0n) is 8.88. The smallest absolute Gasteiger partial charge is 0.126 e. The Morgan fingerprint density at radius 1 is 1.13 bits per heavy atom. The van der Waals surface area contributed by atoms with Crippen molar-refractivity contribution in [2.24, 2.45) is 0 Å². The molecular formula is C13H16FN.